The zero-order chi connectivity index (χ0) is 9.47. The number of amides is 1. The highest BCUT2D eigenvalue weighted by molar-refractivity contribution is 5.85. The van der Waals surface area contributed by atoms with E-state index in [4.69, 9.17) is 10.5 Å². The van der Waals surface area contributed by atoms with Gasteiger partial charge in [0.1, 0.15) is 0 Å². The first-order valence-corrected chi connectivity index (χ1v) is 4.08. The number of carbonyl (C=O) groups excluding carboxylic acids is 1. The number of aromatic nitrogens is 2. The summed E-state index contributed by atoms with van der Waals surface area (Å²) in [6.07, 6.45) is 4.02. The monoisotopic (exact) mass is 181 g/mol. The number of carbonyl (C=O) groups is 1. The number of rotatable bonds is 2. The Morgan fingerprint density at radius 3 is 2.85 bits per heavy atom. The fraction of sp³-hybridized carbons (Fsp3) is 0.500. The summed E-state index contributed by atoms with van der Waals surface area (Å²) in [5.41, 5.74) is 5.11. The molecule has 0 spiro atoms. The van der Waals surface area contributed by atoms with E-state index in [1.54, 1.807) is 24.1 Å². The van der Waals surface area contributed by atoms with Crippen molar-refractivity contribution in [2.75, 3.05) is 6.61 Å². The van der Waals surface area contributed by atoms with Crippen molar-refractivity contribution < 1.29 is 9.53 Å². The van der Waals surface area contributed by atoms with E-state index in [2.05, 4.69) is 5.10 Å². The number of hydrogen-bond donors (Lipinski definition) is 1. The number of primary amides is 1. The summed E-state index contributed by atoms with van der Waals surface area (Å²) in [4.78, 5) is 11.2. The van der Waals surface area contributed by atoms with Gasteiger partial charge in [-0.3, -0.25) is 9.48 Å². The standard InChI is InChI=1S/C8H11N3O2/c1-11-5-6(4-10-11)8(7(9)12)2-3-13-8/h4-5H,2-3H2,1H3,(H2,9,12). The molecule has 1 atom stereocenters. The van der Waals surface area contributed by atoms with Gasteiger partial charge in [0.15, 0.2) is 5.60 Å². The maximum atomic E-state index is 11.2. The van der Waals surface area contributed by atoms with Crippen molar-refractivity contribution in [1.29, 1.82) is 0 Å². The second kappa shape index (κ2) is 2.56. The molecule has 0 aliphatic carbocycles. The molecule has 13 heavy (non-hydrogen) atoms. The van der Waals surface area contributed by atoms with Crippen LogP contribution < -0.4 is 5.73 Å². The lowest BCUT2D eigenvalue weighted by Crippen LogP contribution is -2.51. The Morgan fingerprint density at radius 2 is 2.54 bits per heavy atom. The lowest BCUT2D eigenvalue weighted by molar-refractivity contribution is -0.177. The lowest BCUT2D eigenvalue weighted by atomic mass is 9.88. The molecule has 5 heteroatoms. The van der Waals surface area contributed by atoms with Crippen LogP contribution in [0.15, 0.2) is 12.4 Å². The van der Waals surface area contributed by atoms with E-state index >= 15 is 0 Å². The van der Waals surface area contributed by atoms with E-state index < -0.39 is 11.5 Å². The molecule has 1 aliphatic heterocycles. The van der Waals surface area contributed by atoms with Gasteiger partial charge >= 0.3 is 0 Å². The van der Waals surface area contributed by atoms with Gasteiger partial charge in [-0.2, -0.15) is 5.10 Å². The van der Waals surface area contributed by atoms with Crippen LogP contribution >= 0.6 is 0 Å². The van der Waals surface area contributed by atoms with E-state index in [-0.39, 0.29) is 0 Å². The first kappa shape index (κ1) is 8.25. The third kappa shape index (κ3) is 1.04. The van der Waals surface area contributed by atoms with Crippen LogP contribution in [0.25, 0.3) is 0 Å². The molecule has 1 aromatic heterocycles. The molecular formula is C8H11N3O2. The Labute approximate surface area is 75.5 Å². The van der Waals surface area contributed by atoms with Gasteiger partial charge < -0.3 is 10.5 Å². The van der Waals surface area contributed by atoms with Gasteiger partial charge in [-0.05, 0) is 0 Å². The van der Waals surface area contributed by atoms with Crippen LogP contribution in [0.2, 0.25) is 0 Å². The van der Waals surface area contributed by atoms with Crippen LogP contribution in [-0.4, -0.2) is 22.3 Å². The number of aryl methyl sites for hydroxylation is 1. The molecular weight excluding hydrogens is 170 g/mol. The maximum Gasteiger partial charge on any atom is 0.254 e. The Morgan fingerprint density at radius 1 is 1.85 bits per heavy atom. The minimum Gasteiger partial charge on any atom is -0.367 e. The van der Waals surface area contributed by atoms with Crippen molar-refractivity contribution in [1.82, 2.24) is 9.78 Å². The summed E-state index contributed by atoms with van der Waals surface area (Å²) in [6, 6.07) is 0. The molecule has 1 amide bonds. The van der Waals surface area contributed by atoms with Gasteiger partial charge in [0.25, 0.3) is 5.91 Å². The molecule has 2 rings (SSSR count). The third-order valence-corrected chi connectivity index (χ3v) is 2.37. The zero-order valence-electron chi connectivity index (χ0n) is 7.36. The summed E-state index contributed by atoms with van der Waals surface area (Å²) in [5, 5.41) is 3.98. The molecule has 5 nitrogen and oxygen atoms in total. The van der Waals surface area contributed by atoms with Crippen LogP contribution in [0.5, 0.6) is 0 Å². The highest BCUT2D eigenvalue weighted by Gasteiger charge is 2.46. The van der Waals surface area contributed by atoms with E-state index in [0.29, 0.717) is 13.0 Å². The predicted octanol–water partition coefficient (Wildman–Crippen LogP) is -0.479. The second-order valence-electron chi connectivity index (χ2n) is 3.19. The van der Waals surface area contributed by atoms with Gasteiger partial charge in [-0.1, -0.05) is 0 Å². The molecule has 1 aromatic rings. The molecule has 0 saturated carbocycles. The van der Waals surface area contributed by atoms with Crippen LogP contribution in [0.1, 0.15) is 12.0 Å². The SMILES string of the molecule is Cn1cc(C2(C(N)=O)CCO2)cn1. The average Bonchev–Trinajstić information content (AvgIpc) is 2.32. The Bertz CT molecular complexity index is 341. The highest BCUT2D eigenvalue weighted by atomic mass is 16.5. The molecule has 1 aliphatic rings. The molecule has 0 aromatic carbocycles. The van der Waals surface area contributed by atoms with Crippen molar-refractivity contribution in [3.05, 3.63) is 18.0 Å². The molecule has 2 N–H and O–H groups in total. The van der Waals surface area contributed by atoms with Crippen molar-refractivity contribution in [2.45, 2.75) is 12.0 Å². The first-order valence-electron chi connectivity index (χ1n) is 4.08. The largest absolute Gasteiger partial charge is 0.367 e. The molecule has 1 unspecified atom stereocenters. The second-order valence-corrected chi connectivity index (χ2v) is 3.19. The average molecular weight is 181 g/mol. The highest BCUT2D eigenvalue weighted by Crippen LogP contribution is 2.36. The van der Waals surface area contributed by atoms with Crippen LogP contribution in [0.4, 0.5) is 0 Å². The summed E-state index contributed by atoms with van der Waals surface area (Å²) < 4.78 is 6.88. The normalized spacial score (nSPS) is 26.8. The molecule has 0 bridgehead atoms. The lowest BCUT2D eigenvalue weighted by Gasteiger charge is -2.37. The molecule has 1 saturated heterocycles. The minimum absolute atomic E-state index is 0.438. The van der Waals surface area contributed by atoms with E-state index in [9.17, 15) is 4.79 Å². The Kier molecular flexibility index (Phi) is 1.63. The van der Waals surface area contributed by atoms with Crippen molar-refractivity contribution in [2.24, 2.45) is 12.8 Å². The topological polar surface area (TPSA) is 70.1 Å². The summed E-state index contributed by atoms with van der Waals surface area (Å²) in [7, 11) is 1.79. The van der Waals surface area contributed by atoms with Gasteiger partial charge in [-0.15, -0.1) is 0 Å². The van der Waals surface area contributed by atoms with E-state index in [1.165, 1.54) is 0 Å². The summed E-state index contributed by atoms with van der Waals surface area (Å²) >= 11 is 0. The molecule has 2 heterocycles. The van der Waals surface area contributed by atoms with Gasteiger partial charge in [0.2, 0.25) is 0 Å². The molecule has 0 radical (unpaired) electrons. The Balaban J connectivity index is 2.37. The number of hydrogen-bond acceptors (Lipinski definition) is 3. The summed E-state index contributed by atoms with van der Waals surface area (Å²) in [6.45, 7) is 0.581. The third-order valence-electron chi connectivity index (χ3n) is 2.37. The number of nitrogens with two attached hydrogens (primary N) is 1. The summed E-state index contributed by atoms with van der Waals surface area (Å²) in [5.74, 6) is -0.438. The van der Waals surface area contributed by atoms with Crippen LogP contribution in [0.3, 0.4) is 0 Å². The smallest absolute Gasteiger partial charge is 0.254 e. The van der Waals surface area contributed by atoms with Crippen molar-refractivity contribution in [3.63, 3.8) is 0 Å². The van der Waals surface area contributed by atoms with Gasteiger partial charge in [0.05, 0.1) is 12.8 Å². The van der Waals surface area contributed by atoms with Gasteiger partial charge in [0, 0.05) is 25.2 Å². The first-order chi connectivity index (χ1) is 6.15. The van der Waals surface area contributed by atoms with Gasteiger partial charge in [-0.25, -0.2) is 0 Å². The van der Waals surface area contributed by atoms with Crippen LogP contribution in [0, 0.1) is 0 Å². The number of nitrogens with zero attached hydrogens (tertiary/aromatic N) is 2. The minimum atomic E-state index is -0.908. The zero-order valence-corrected chi connectivity index (χ0v) is 7.36. The Hall–Kier alpha value is -1.36. The fourth-order valence-electron chi connectivity index (χ4n) is 1.50. The van der Waals surface area contributed by atoms with Crippen molar-refractivity contribution in [3.8, 4) is 0 Å². The molecule has 1 fully saturated rings. The quantitative estimate of drug-likeness (QED) is 0.670. The molecule has 70 valence electrons. The van der Waals surface area contributed by atoms with Crippen LogP contribution in [-0.2, 0) is 22.2 Å². The maximum absolute atomic E-state index is 11.2. The van der Waals surface area contributed by atoms with E-state index in [0.717, 1.165) is 5.56 Å². The fourth-order valence-corrected chi connectivity index (χ4v) is 1.50. The van der Waals surface area contributed by atoms with Crippen molar-refractivity contribution >= 4 is 5.91 Å². The predicted molar refractivity (Wildman–Crippen MR) is 44.6 cm³/mol. The van der Waals surface area contributed by atoms with E-state index in [1.807, 2.05) is 0 Å². The number of ether oxygens (including phenoxy) is 1.